The Hall–Kier alpha value is -0.640. The van der Waals surface area contributed by atoms with Crippen LogP contribution >= 0.6 is 11.3 Å². The molecule has 3 nitrogen and oxygen atoms in total. The second kappa shape index (κ2) is 1.46. The molecule has 0 atom stereocenters. The van der Waals surface area contributed by atoms with Crippen LogP contribution in [0.1, 0.15) is 5.01 Å². The normalized spacial score (nSPS) is 9.29. The highest BCUT2D eigenvalue weighted by molar-refractivity contribution is 7.14. The molecular formula is C3H4N3S. The van der Waals surface area contributed by atoms with Crippen molar-refractivity contribution in [1.82, 2.24) is 15.9 Å². The lowest BCUT2D eigenvalue weighted by molar-refractivity contribution is 1.04. The van der Waals surface area contributed by atoms with E-state index >= 15 is 0 Å². The molecule has 0 unspecified atom stereocenters. The summed E-state index contributed by atoms with van der Waals surface area (Å²) in [7, 11) is 0. The van der Waals surface area contributed by atoms with Crippen LogP contribution in [-0.2, 0) is 0 Å². The van der Waals surface area contributed by atoms with E-state index in [4.69, 9.17) is 5.73 Å². The molecular weight excluding hydrogens is 110 g/mol. The molecule has 0 aliphatic carbocycles. The first-order valence-electron chi connectivity index (χ1n) is 1.81. The maximum absolute atomic E-state index is 6.86. The number of aryl methyl sites for hydroxylation is 1. The summed E-state index contributed by atoms with van der Waals surface area (Å²) in [5.74, 6) is 0. The van der Waals surface area contributed by atoms with Crippen LogP contribution in [0, 0.1) is 6.92 Å². The molecule has 1 radical (unpaired) electrons. The van der Waals surface area contributed by atoms with E-state index in [1.807, 2.05) is 6.92 Å². The molecule has 1 N–H and O–H groups in total. The van der Waals surface area contributed by atoms with Gasteiger partial charge in [-0.2, -0.15) is 0 Å². The molecule has 1 heterocycles. The number of hydrogen-bond donors (Lipinski definition) is 0. The summed E-state index contributed by atoms with van der Waals surface area (Å²) in [6.07, 6.45) is 0. The van der Waals surface area contributed by atoms with Crippen molar-refractivity contribution in [2.24, 2.45) is 0 Å². The van der Waals surface area contributed by atoms with Gasteiger partial charge in [-0.1, -0.05) is 11.3 Å². The van der Waals surface area contributed by atoms with Gasteiger partial charge in [0.2, 0.25) is 5.13 Å². The first-order valence-corrected chi connectivity index (χ1v) is 2.62. The Kier molecular flexibility index (Phi) is 0.941. The fourth-order valence-corrected chi connectivity index (χ4v) is 0.740. The van der Waals surface area contributed by atoms with E-state index in [9.17, 15) is 0 Å². The molecule has 1 aromatic heterocycles. The summed E-state index contributed by atoms with van der Waals surface area (Å²) >= 11 is 1.29. The van der Waals surface area contributed by atoms with Gasteiger partial charge in [0, 0.05) is 0 Å². The van der Waals surface area contributed by atoms with Gasteiger partial charge in [-0.25, -0.2) is 0 Å². The third-order valence-electron chi connectivity index (χ3n) is 0.526. The topological polar surface area (TPSA) is 49.6 Å². The minimum absolute atomic E-state index is 0.289. The zero-order chi connectivity index (χ0) is 5.28. The molecule has 0 spiro atoms. The predicted octanol–water partition coefficient (Wildman–Crippen LogP) is 0.761. The van der Waals surface area contributed by atoms with E-state index in [0.29, 0.717) is 0 Å². The van der Waals surface area contributed by atoms with Crippen LogP contribution in [0.5, 0.6) is 0 Å². The molecule has 4 heteroatoms. The maximum Gasteiger partial charge on any atom is 0.224 e. The van der Waals surface area contributed by atoms with Crippen LogP contribution < -0.4 is 5.73 Å². The van der Waals surface area contributed by atoms with Crippen LogP contribution in [-0.4, -0.2) is 10.2 Å². The lowest BCUT2D eigenvalue weighted by Crippen LogP contribution is -1.67. The summed E-state index contributed by atoms with van der Waals surface area (Å²) < 4.78 is 0. The standard InChI is InChI=1S/C3H4N3S/c1-2-5-6-3(4)7-2/h4H,1H3. The first-order chi connectivity index (χ1) is 3.29. The van der Waals surface area contributed by atoms with Crippen LogP contribution in [0.15, 0.2) is 0 Å². The summed E-state index contributed by atoms with van der Waals surface area (Å²) in [4.78, 5) is 0. The smallest absolute Gasteiger partial charge is 0.224 e. The lowest BCUT2D eigenvalue weighted by Gasteiger charge is -1.64. The summed E-state index contributed by atoms with van der Waals surface area (Å²) in [6, 6.07) is 0. The van der Waals surface area contributed by atoms with Gasteiger partial charge in [-0.15, -0.1) is 10.2 Å². The zero-order valence-electron chi connectivity index (χ0n) is 3.80. The minimum Gasteiger partial charge on any atom is -0.272 e. The highest BCUT2D eigenvalue weighted by atomic mass is 32.1. The Morgan fingerprint density at radius 3 is 2.43 bits per heavy atom. The van der Waals surface area contributed by atoms with E-state index in [1.54, 1.807) is 0 Å². The largest absolute Gasteiger partial charge is 0.272 e. The fraction of sp³-hybridized carbons (Fsp3) is 0.333. The number of hydrogen-bond acceptors (Lipinski definition) is 3. The van der Waals surface area contributed by atoms with Crippen molar-refractivity contribution in [2.45, 2.75) is 6.92 Å². The summed E-state index contributed by atoms with van der Waals surface area (Å²) in [5.41, 5.74) is 6.86. The first kappa shape index (κ1) is 4.52. The molecule has 0 fully saturated rings. The molecule has 1 aromatic rings. The van der Waals surface area contributed by atoms with Crippen molar-refractivity contribution in [3.05, 3.63) is 5.01 Å². The Morgan fingerprint density at radius 1 is 1.57 bits per heavy atom. The summed E-state index contributed by atoms with van der Waals surface area (Å²) in [6.45, 7) is 1.83. The van der Waals surface area contributed by atoms with Crippen molar-refractivity contribution in [3.63, 3.8) is 0 Å². The van der Waals surface area contributed by atoms with Gasteiger partial charge in [0.05, 0.1) is 0 Å². The Bertz CT molecular complexity index is 142. The van der Waals surface area contributed by atoms with Gasteiger partial charge in [-0.05, 0) is 6.92 Å². The predicted molar refractivity (Wildman–Crippen MR) is 27.4 cm³/mol. The van der Waals surface area contributed by atoms with Crippen molar-refractivity contribution < 1.29 is 0 Å². The molecule has 0 aliphatic rings. The van der Waals surface area contributed by atoms with Gasteiger partial charge >= 0.3 is 0 Å². The van der Waals surface area contributed by atoms with E-state index < -0.39 is 0 Å². The average molecular weight is 114 g/mol. The molecule has 0 saturated heterocycles. The molecule has 0 bridgehead atoms. The average Bonchev–Trinajstić information content (AvgIpc) is 1.87. The number of aromatic nitrogens is 2. The quantitative estimate of drug-likeness (QED) is 0.500. The Labute approximate surface area is 45.2 Å². The van der Waals surface area contributed by atoms with E-state index in [0.717, 1.165) is 5.01 Å². The third kappa shape index (κ3) is 0.866. The van der Waals surface area contributed by atoms with Crippen molar-refractivity contribution in [3.8, 4) is 0 Å². The number of nitrogens with one attached hydrogen (secondary N) is 1. The highest BCUT2D eigenvalue weighted by Gasteiger charge is 1.90. The monoisotopic (exact) mass is 114 g/mol. The second-order valence-electron chi connectivity index (χ2n) is 1.13. The number of nitrogens with zero attached hydrogens (tertiary/aromatic N) is 2. The maximum atomic E-state index is 6.86. The molecule has 0 saturated carbocycles. The second-order valence-corrected chi connectivity index (χ2v) is 2.31. The van der Waals surface area contributed by atoms with Crippen molar-refractivity contribution in [2.75, 3.05) is 0 Å². The van der Waals surface area contributed by atoms with Crippen LogP contribution in [0.3, 0.4) is 0 Å². The van der Waals surface area contributed by atoms with Crippen LogP contribution in [0.25, 0.3) is 0 Å². The van der Waals surface area contributed by atoms with E-state index in [-0.39, 0.29) is 5.13 Å². The van der Waals surface area contributed by atoms with Gasteiger partial charge in [0.1, 0.15) is 5.01 Å². The van der Waals surface area contributed by atoms with Crippen LogP contribution in [0.2, 0.25) is 0 Å². The SMILES string of the molecule is Cc1nnc([NH])s1. The summed E-state index contributed by atoms with van der Waals surface area (Å²) in [5, 5.41) is 8.19. The highest BCUT2D eigenvalue weighted by Crippen LogP contribution is 2.09. The van der Waals surface area contributed by atoms with Gasteiger partial charge in [-0.3, -0.25) is 5.73 Å². The van der Waals surface area contributed by atoms with Gasteiger partial charge in [0.15, 0.2) is 0 Å². The lowest BCUT2D eigenvalue weighted by atomic mass is 10.9. The third-order valence-corrected chi connectivity index (χ3v) is 1.18. The molecule has 0 amide bonds. The van der Waals surface area contributed by atoms with Crippen LogP contribution in [0.4, 0.5) is 5.13 Å². The van der Waals surface area contributed by atoms with Gasteiger partial charge in [0.25, 0.3) is 0 Å². The number of rotatable bonds is 0. The Morgan fingerprint density at radius 2 is 2.29 bits per heavy atom. The molecule has 1 rings (SSSR count). The molecule has 7 heavy (non-hydrogen) atoms. The minimum atomic E-state index is 0.289. The van der Waals surface area contributed by atoms with Gasteiger partial charge < -0.3 is 0 Å². The molecule has 0 aromatic carbocycles. The molecule has 37 valence electrons. The van der Waals surface area contributed by atoms with E-state index in [2.05, 4.69) is 10.2 Å². The van der Waals surface area contributed by atoms with Crippen molar-refractivity contribution >= 4 is 16.5 Å². The van der Waals surface area contributed by atoms with E-state index in [1.165, 1.54) is 11.3 Å². The molecule has 0 aliphatic heterocycles. The fourth-order valence-electron chi connectivity index (χ4n) is 0.297. The van der Waals surface area contributed by atoms with Crippen molar-refractivity contribution in [1.29, 1.82) is 0 Å². The zero-order valence-corrected chi connectivity index (χ0v) is 4.62. The Balaban J connectivity index is 3.04.